The lowest BCUT2D eigenvalue weighted by Gasteiger charge is -2.00. The molecule has 1 heterocycles. The summed E-state index contributed by atoms with van der Waals surface area (Å²) in [6.07, 6.45) is 0. The summed E-state index contributed by atoms with van der Waals surface area (Å²) in [7, 11) is 0. The van der Waals surface area contributed by atoms with E-state index in [4.69, 9.17) is 5.73 Å². The maximum atomic E-state index is 10.8. The first-order valence-electron chi connectivity index (χ1n) is 4.23. The molecule has 2 N–H and O–H groups in total. The minimum Gasteiger partial charge on any atom is -0.375 e. The average molecular weight is 300 g/mol. The van der Waals surface area contributed by atoms with E-state index < -0.39 is 4.92 Å². The van der Waals surface area contributed by atoms with Gasteiger partial charge in [-0.2, -0.15) is 0 Å². The number of hydrogen-bond donors (Lipinski definition) is 1. The van der Waals surface area contributed by atoms with Gasteiger partial charge in [0.05, 0.1) is 16.2 Å². The highest BCUT2D eigenvalue weighted by atomic mass is 79.9. The van der Waals surface area contributed by atoms with Crippen LogP contribution in [0.3, 0.4) is 0 Å². The first-order chi connectivity index (χ1) is 7.58. The number of nitrogen functional groups attached to an aromatic ring is 1. The third kappa shape index (κ3) is 2.05. The number of halogens is 1. The van der Waals surface area contributed by atoms with Gasteiger partial charge in [0, 0.05) is 15.9 Å². The predicted octanol–water partition coefficient (Wildman–Crippen LogP) is 3.06. The highest BCUT2D eigenvalue weighted by Gasteiger charge is 2.17. The Morgan fingerprint density at radius 2 is 2.25 bits per heavy atom. The maximum Gasteiger partial charge on any atom is 0.278 e. The first-order valence-corrected chi connectivity index (χ1v) is 5.90. The zero-order valence-electron chi connectivity index (χ0n) is 7.88. The Morgan fingerprint density at radius 1 is 1.50 bits per heavy atom. The number of rotatable bonds is 2. The Balaban J connectivity index is 2.62. The van der Waals surface area contributed by atoms with Crippen molar-refractivity contribution in [2.75, 3.05) is 5.73 Å². The third-order valence-electron chi connectivity index (χ3n) is 1.95. The largest absolute Gasteiger partial charge is 0.375 e. The van der Waals surface area contributed by atoms with E-state index in [-0.39, 0.29) is 5.69 Å². The summed E-state index contributed by atoms with van der Waals surface area (Å²) in [6, 6.07) is 4.72. The molecule has 82 valence electrons. The number of nitrogens with zero attached hydrogens (tertiary/aromatic N) is 2. The van der Waals surface area contributed by atoms with Gasteiger partial charge >= 0.3 is 0 Å². The molecule has 1 aromatic carbocycles. The summed E-state index contributed by atoms with van der Waals surface area (Å²) in [6.45, 7) is 0. The van der Waals surface area contributed by atoms with Gasteiger partial charge in [-0.15, -0.1) is 11.3 Å². The van der Waals surface area contributed by atoms with E-state index in [2.05, 4.69) is 20.9 Å². The minimum absolute atomic E-state index is 0.0218. The standard InChI is InChI=1S/C9H6BrN3O2S/c10-5-1-2-8(13(14)15)6(3-5)7-4-16-9(11)12-7/h1-4H,(H2,11,12). The molecule has 7 heteroatoms. The highest BCUT2D eigenvalue weighted by molar-refractivity contribution is 9.10. The van der Waals surface area contributed by atoms with Crippen molar-refractivity contribution in [3.63, 3.8) is 0 Å². The summed E-state index contributed by atoms with van der Waals surface area (Å²) >= 11 is 4.53. The molecule has 2 rings (SSSR count). The smallest absolute Gasteiger partial charge is 0.278 e. The van der Waals surface area contributed by atoms with Gasteiger partial charge < -0.3 is 5.73 Å². The molecule has 0 fully saturated rings. The van der Waals surface area contributed by atoms with Crippen LogP contribution in [0.5, 0.6) is 0 Å². The number of thiazole rings is 1. The minimum atomic E-state index is -0.433. The molecule has 0 amide bonds. The molecule has 0 saturated carbocycles. The lowest BCUT2D eigenvalue weighted by molar-refractivity contribution is -0.384. The van der Waals surface area contributed by atoms with Crippen LogP contribution in [0, 0.1) is 10.1 Å². The molecule has 1 aromatic heterocycles. The summed E-state index contributed by atoms with van der Waals surface area (Å²) in [5, 5.41) is 12.9. The van der Waals surface area contributed by atoms with Gasteiger partial charge in [-0.1, -0.05) is 15.9 Å². The van der Waals surface area contributed by atoms with Crippen LogP contribution in [0.25, 0.3) is 11.3 Å². The quantitative estimate of drug-likeness (QED) is 0.682. The van der Waals surface area contributed by atoms with Crippen molar-refractivity contribution in [3.8, 4) is 11.3 Å². The second-order valence-electron chi connectivity index (χ2n) is 2.99. The fraction of sp³-hybridized carbons (Fsp3) is 0. The first kappa shape index (κ1) is 11.0. The van der Waals surface area contributed by atoms with Crippen LogP contribution >= 0.6 is 27.3 Å². The Labute approximate surface area is 103 Å². The lowest BCUT2D eigenvalue weighted by Crippen LogP contribution is -1.92. The third-order valence-corrected chi connectivity index (χ3v) is 3.12. The second kappa shape index (κ2) is 4.18. The molecule has 16 heavy (non-hydrogen) atoms. The Hall–Kier alpha value is -1.47. The molecule has 0 radical (unpaired) electrons. The summed E-state index contributed by atoms with van der Waals surface area (Å²) in [5.41, 5.74) is 6.52. The van der Waals surface area contributed by atoms with Crippen molar-refractivity contribution in [1.82, 2.24) is 4.98 Å². The Kier molecular flexibility index (Phi) is 2.88. The number of nitrogens with two attached hydrogens (primary N) is 1. The lowest BCUT2D eigenvalue weighted by atomic mass is 10.1. The monoisotopic (exact) mass is 299 g/mol. The molecule has 0 bridgehead atoms. The second-order valence-corrected chi connectivity index (χ2v) is 4.79. The van der Waals surface area contributed by atoms with Gasteiger partial charge in [-0.25, -0.2) is 4.98 Å². The van der Waals surface area contributed by atoms with Gasteiger partial charge in [0.25, 0.3) is 5.69 Å². The van der Waals surface area contributed by atoms with E-state index in [1.54, 1.807) is 17.5 Å². The number of nitro groups is 1. The number of benzene rings is 1. The van der Waals surface area contributed by atoms with Crippen LogP contribution in [0.1, 0.15) is 0 Å². The average Bonchev–Trinajstić information content (AvgIpc) is 2.64. The topological polar surface area (TPSA) is 82.0 Å². The van der Waals surface area contributed by atoms with E-state index in [1.807, 2.05) is 0 Å². The Bertz CT molecular complexity index is 555. The van der Waals surface area contributed by atoms with E-state index in [0.717, 1.165) is 4.47 Å². The van der Waals surface area contributed by atoms with Crippen molar-refractivity contribution in [2.24, 2.45) is 0 Å². The summed E-state index contributed by atoms with van der Waals surface area (Å²) in [4.78, 5) is 14.5. The fourth-order valence-corrected chi connectivity index (χ4v) is 2.21. The van der Waals surface area contributed by atoms with Gasteiger partial charge in [-0.05, 0) is 12.1 Å². The van der Waals surface area contributed by atoms with E-state index in [1.165, 1.54) is 17.4 Å². The van der Waals surface area contributed by atoms with Crippen LogP contribution in [-0.4, -0.2) is 9.91 Å². The van der Waals surface area contributed by atoms with Crippen LogP contribution in [0.2, 0.25) is 0 Å². The normalized spacial score (nSPS) is 10.3. The molecule has 0 atom stereocenters. The number of hydrogen-bond acceptors (Lipinski definition) is 5. The van der Waals surface area contributed by atoms with E-state index in [0.29, 0.717) is 16.4 Å². The van der Waals surface area contributed by atoms with Gasteiger partial charge in [0.2, 0.25) is 0 Å². The molecule has 0 aliphatic carbocycles. The van der Waals surface area contributed by atoms with Crippen molar-refractivity contribution < 1.29 is 4.92 Å². The van der Waals surface area contributed by atoms with Gasteiger partial charge in [0.1, 0.15) is 0 Å². The van der Waals surface area contributed by atoms with Crippen molar-refractivity contribution in [1.29, 1.82) is 0 Å². The number of aromatic nitrogens is 1. The summed E-state index contributed by atoms with van der Waals surface area (Å²) in [5.74, 6) is 0. The molecular weight excluding hydrogens is 294 g/mol. The summed E-state index contributed by atoms with van der Waals surface area (Å²) < 4.78 is 0.764. The molecule has 2 aromatic rings. The van der Waals surface area contributed by atoms with Crippen molar-refractivity contribution in [3.05, 3.63) is 38.2 Å². The molecule has 0 saturated heterocycles. The molecule has 0 unspecified atom stereocenters. The zero-order valence-corrected chi connectivity index (χ0v) is 10.3. The number of anilines is 1. The SMILES string of the molecule is Nc1nc(-c2cc(Br)ccc2[N+](=O)[O-])cs1. The van der Waals surface area contributed by atoms with Crippen LogP contribution < -0.4 is 5.73 Å². The molecule has 0 aliphatic rings. The molecule has 0 aliphatic heterocycles. The highest BCUT2D eigenvalue weighted by Crippen LogP contribution is 2.33. The van der Waals surface area contributed by atoms with E-state index in [9.17, 15) is 10.1 Å². The van der Waals surface area contributed by atoms with Crippen molar-refractivity contribution in [2.45, 2.75) is 0 Å². The maximum absolute atomic E-state index is 10.8. The molecular formula is C9H6BrN3O2S. The van der Waals surface area contributed by atoms with E-state index >= 15 is 0 Å². The zero-order chi connectivity index (χ0) is 11.7. The Morgan fingerprint density at radius 3 is 2.81 bits per heavy atom. The van der Waals surface area contributed by atoms with Crippen LogP contribution in [-0.2, 0) is 0 Å². The van der Waals surface area contributed by atoms with Gasteiger partial charge in [-0.3, -0.25) is 10.1 Å². The number of nitro benzene ring substituents is 1. The fourth-order valence-electron chi connectivity index (χ4n) is 1.28. The van der Waals surface area contributed by atoms with Gasteiger partial charge in [0.15, 0.2) is 5.13 Å². The molecule has 5 nitrogen and oxygen atoms in total. The van der Waals surface area contributed by atoms with Crippen molar-refractivity contribution >= 4 is 38.1 Å². The van der Waals surface area contributed by atoms with Crippen LogP contribution in [0.15, 0.2) is 28.1 Å². The van der Waals surface area contributed by atoms with Crippen LogP contribution in [0.4, 0.5) is 10.8 Å². The predicted molar refractivity (Wildman–Crippen MR) is 66.3 cm³/mol. The molecule has 0 spiro atoms.